The van der Waals surface area contributed by atoms with Crippen molar-refractivity contribution < 1.29 is 14.6 Å². The van der Waals surface area contributed by atoms with E-state index in [2.05, 4.69) is 15.2 Å². The number of benzene rings is 1. The highest BCUT2D eigenvalue weighted by molar-refractivity contribution is 5.97. The Morgan fingerprint density at radius 3 is 3.04 bits per heavy atom. The van der Waals surface area contributed by atoms with Crippen molar-refractivity contribution in [2.24, 2.45) is 7.05 Å². The zero-order valence-corrected chi connectivity index (χ0v) is 14.4. The molecule has 2 aliphatic heterocycles. The molecule has 0 radical (unpaired) electrons. The number of fused-ring (bicyclic) bond motifs is 1. The van der Waals surface area contributed by atoms with Gasteiger partial charge in [0.1, 0.15) is 0 Å². The molecule has 0 saturated carbocycles. The van der Waals surface area contributed by atoms with E-state index in [1.807, 2.05) is 29.8 Å². The maximum Gasteiger partial charge on any atom is 0.251 e. The molecule has 0 aliphatic carbocycles. The van der Waals surface area contributed by atoms with Crippen LogP contribution >= 0.6 is 0 Å². The van der Waals surface area contributed by atoms with Gasteiger partial charge in [0, 0.05) is 38.9 Å². The lowest BCUT2D eigenvalue weighted by Gasteiger charge is -2.16. The second-order valence-electron chi connectivity index (χ2n) is 6.91. The smallest absolute Gasteiger partial charge is 0.251 e. The minimum Gasteiger partial charge on any atom is -0.391 e. The molecule has 2 aliphatic rings. The molecule has 2 fully saturated rings. The number of nitrogens with zero attached hydrogens (tertiary/aromatic N) is 3. The minimum atomic E-state index is -0.293. The highest BCUT2D eigenvalue weighted by atomic mass is 16.5. The first-order chi connectivity index (χ1) is 12.1. The van der Waals surface area contributed by atoms with Crippen LogP contribution in [0.1, 0.15) is 29.6 Å². The largest absolute Gasteiger partial charge is 0.391 e. The van der Waals surface area contributed by atoms with Gasteiger partial charge in [-0.1, -0.05) is 0 Å². The molecule has 7 heteroatoms. The molecule has 3 heterocycles. The van der Waals surface area contributed by atoms with Crippen molar-refractivity contribution in [3.8, 4) is 0 Å². The Morgan fingerprint density at radius 1 is 1.44 bits per heavy atom. The van der Waals surface area contributed by atoms with Gasteiger partial charge in [0.25, 0.3) is 5.91 Å². The number of ether oxygens (including phenoxy) is 1. The Labute approximate surface area is 146 Å². The van der Waals surface area contributed by atoms with Crippen molar-refractivity contribution in [1.29, 1.82) is 0 Å². The van der Waals surface area contributed by atoms with Crippen molar-refractivity contribution in [3.05, 3.63) is 23.8 Å². The summed E-state index contributed by atoms with van der Waals surface area (Å²) in [4.78, 5) is 19.2. The van der Waals surface area contributed by atoms with E-state index < -0.39 is 0 Å². The monoisotopic (exact) mass is 344 g/mol. The highest BCUT2D eigenvalue weighted by Gasteiger charge is 2.24. The zero-order chi connectivity index (χ0) is 17.4. The number of nitrogens with one attached hydrogen (secondary N) is 1. The summed E-state index contributed by atoms with van der Waals surface area (Å²) in [5.74, 6) is 0.740. The first kappa shape index (κ1) is 16.4. The molecule has 1 aromatic carbocycles. The summed E-state index contributed by atoms with van der Waals surface area (Å²) >= 11 is 0. The van der Waals surface area contributed by atoms with Crippen LogP contribution in [0.25, 0.3) is 11.0 Å². The SMILES string of the molecule is Cn1c(N2CC[C@H](O)C2)nc2cc(C(=O)NC[C@@H]3CCCO3)ccc21. The fraction of sp³-hybridized carbons (Fsp3) is 0.556. The van der Waals surface area contributed by atoms with Gasteiger partial charge >= 0.3 is 0 Å². The molecular formula is C18H24N4O3. The van der Waals surface area contributed by atoms with Crippen molar-refractivity contribution in [2.75, 3.05) is 31.1 Å². The lowest BCUT2D eigenvalue weighted by atomic mass is 10.1. The molecule has 4 rings (SSSR count). The number of hydrogen-bond donors (Lipinski definition) is 2. The predicted molar refractivity (Wildman–Crippen MR) is 94.9 cm³/mol. The second kappa shape index (κ2) is 6.65. The summed E-state index contributed by atoms with van der Waals surface area (Å²) in [6.07, 6.45) is 2.67. The molecule has 1 amide bonds. The molecule has 0 unspecified atom stereocenters. The third kappa shape index (κ3) is 3.21. The fourth-order valence-electron chi connectivity index (χ4n) is 3.65. The van der Waals surface area contributed by atoms with Crippen LogP contribution in [0, 0.1) is 0 Å². The molecule has 2 saturated heterocycles. The molecular weight excluding hydrogens is 320 g/mol. The van der Waals surface area contributed by atoms with Crippen LogP contribution < -0.4 is 10.2 Å². The number of imidazole rings is 1. The molecule has 25 heavy (non-hydrogen) atoms. The number of aliphatic hydroxyl groups is 1. The van der Waals surface area contributed by atoms with Gasteiger partial charge in [-0.15, -0.1) is 0 Å². The number of rotatable bonds is 4. The van der Waals surface area contributed by atoms with E-state index >= 15 is 0 Å². The van der Waals surface area contributed by atoms with E-state index in [1.54, 1.807) is 0 Å². The van der Waals surface area contributed by atoms with Crippen LogP contribution in [0.15, 0.2) is 18.2 Å². The normalized spacial score (nSPS) is 23.5. The van der Waals surface area contributed by atoms with Crippen LogP contribution in [0.2, 0.25) is 0 Å². The number of amides is 1. The average Bonchev–Trinajstić information content (AvgIpc) is 3.33. The highest BCUT2D eigenvalue weighted by Crippen LogP contribution is 2.25. The third-order valence-corrected chi connectivity index (χ3v) is 5.08. The Balaban J connectivity index is 1.52. The summed E-state index contributed by atoms with van der Waals surface area (Å²) in [6, 6.07) is 5.59. The summed E-state index contributed by atoms with van der Waals surface area (Å²) in [6.45, 7) is 2.74. The van der Waals surface area contributed by atoms with E-state index in [0.717, 1.165) is 49.4 Å². The van der Waals surface area contributed by atoms with Crippen LogP contribution in [0.4, 0.5) is 5.95 Å². The zero-order valence-electron chi connectivity index (χ0n) is 14.4. The van der Waals surface area contributed by atoms with Crippen molar-refractivity contribution >= 4 is 22.9 Å². The number of aryl methyl sites for hydroxylation is 1. The van der Waals surface area contributed by atoms with Gasteiger partial charge in [0.05, 0.1) is 23.2 Å². The molecule has 2 atom stereocenters. The number of aromatic nitrogens is 2. The first-order valence-electron chi connectivity index (χ1n) is 8.91. The van der Waals surface area contributed by atoms with E-state index in [-0.39, 0.29) is 18.1 Å². The summed E-state index contributed by atoms with van der Waals surface area (Å²) in [5.41, 5.74) is 2.38. The van der Waals surface area contributed by atoms with Crippen LogP contribution in [0.3, 0.4) is 0 Å². The topological polar surface area (TPSA) is 79.6 Å². The number of hydrogen-bond acceptors (Lipinski definition) is 5. The van der Waals surface area contributed by atoms with Gasteiger partial charge in [-0.3, -0.25) is 4.79 Å². The number of carbonyl (C=O) groups excluding carboxylic acids is 1. The molecule has 134 valence electrons. The average molecular weight is 344 g/mol. The van der Waals surface area contributed by atoms with E-state index in [1.165, 1.54) is 0 Å². The Bertz CT molecular complexity index is 782. The lowest BCUT2D eigenvalue weighted by Crippen LogP contribution is -2.31. The molecule has 7 nitrogen and oxygen atoms in total. The Kier molecular flexibility index (Phi) is 4.35. The lowest BCUT2D eigenvalue weighted by molar-refractivity contribution is 0.0858. The second-order valence-corrected chi connectivity index (χ2v) is 6.91. The number of anilines is 1. The standard InChI is InChI=1S/C18H24N4O3/c1-21-16-5-4-12(17(24)19-10-14-3-2-8-25-14)9-15(16)20-18(21)22-7-6-13(23)11-22/h4-5,9,13-14,23H,2-3,6-8,10-11H2,1H3,(H,19,24)/t13-,14-/m0/s1. The van der Waals surface area contributed by atoms with Gasteiger partial charge in [0.2, 0.25) is 5.95 Å². The number of carbonyl (C=O) groups is 1. The number of aliphatic hydroxyl groups excluding tert-OH is 1. The quantitative estimate of drug-likeness (QED) is 0.867. The molecule has 0 bridgehead atoms. The first-order valence-corrected chi connectivity index (χ1v) is 8.91. The summed E-state index contributed by atoms with van der Waals surface area (Å²) in [5, 5.41) is 12.7. The summed E-state index contributed by atoms with van der Waals surface area (Å²) < 4.78 is 7.55. The molecule has 0 spiro atoms. The number of β-amino-alcohol motifs (C(OH)–C–C–N with tert-alkyl or cyclic N) is 1. The van der Waals surface area contributed by atoms with Gasteiger partial charge in [-0.25, -0.2) is 4.98 Å². The molecule has 2 aromatic rings. The Hall–Kier alpha value is -2.12. The van der Waals surface area contributed by atoms with Crippen molar-refractivity contribution in [3.63, 3.8) is 0 Å². The van der Waals surface area contributed by atoms with Crippen molar-refractivity contribution in [1.82, 2.24) is 14.9 Å². The maximum absolute atomic E-state index is 12.4. The van der Waals surface area contributed by atoms with Crippen LogP contribution in [-0.2, 0) is 11.8 Å². The van der Waals surface area contributed by atoms with Crippen LogP contribution in [-0.4, -0.2) is 59.0 Å². The predicted octanol–water partition coefficient (Wildman–Crippen LogP) is 1.05. The van der Waals surface area contributed by atoms with Gasteiger partial charge in [0.15, 0.2) is 0 Å². The van der Waals surface area contributed by atoms with Gasteiger partial charge in [-0.05, 0) is 37.5 Å². The molecule has 1 aromatic heterocycles. The van der Waals surface area contributed by atoms with Crippen molar-refractivity contribution in [2.45, 2.75) is 31.5 Å². The van der Waals surface area contributed by atoms with E-state index in [4.69, 9.17) is 4.74 Å². The van der Waals surface area contributed by atoms with Gasteiger partial charge in [-0.2, -0.15) is 0 Å². The fourth-order valence-corrected chi connectivity index (χ4v) is 3.65. The minimum absolute atomic E-state index is 0.0961. The van der Waals surface area contributed by atoms with E-state index in [9.17, 15) is 9.90 Å². The maximum atomic E-state index is 12.4. The van der Waals surface area contributed by atoms with E-state index in [0.29, 0.717) is 18.7 Å². The third-order valence-electron chi connectivity index (χ3n) is 5.08. The molecule has 2 N–H and O–H groups in total. The van der Waals surface area contributed by atoms with Crippen LogP contribution in [0.5, 0.6) is 0 Å². The summed E-state index contributed by atoms with van der Waals surface area (Å²) in [7, 11) is 1.96. The Morgan fingerprint density at radius 2 is 2.32 bits per heavy atom. The van der Waals surface area contributed by atoms with Gasteiger partial charge < -0.3 is 24.6 Å².